The molecule has 0 radical (unpaired) electrons. The lowest BCUT2D eigenvalue weighted by Crippen LogP contribution is -2.55. The fourth-order valence-corrected chi connectivity index (χ4v) is 6.99. The average molecular weight is 601 g/mol. The monoisotopic (exact) mass is 600 g/mol. The van der Waals surface area contributed by atoms with Crippen LogP contribution in [0.4, 0.5) is 39.5 Å². The maximum absolute atomic E-state index is 14.6. The molecule has 0 spiro atoms. The predicted octanol–water partition coefficient (Wildman–Crippen LogP) is 8.47. The minimum atomic E-state index is -5.09. The van der Waals surface area contributed by atoms with Crippen molar-refractivity contribution >= 4 is 0 Å². The van der Waals surface area contributed by atoms with E-state index in [2.05, 4.69) is 6.92 Å². The smallest absolute Gasteiger partial charge is 0.381 e. The van der Waals surface area contributed by atoms with Crippen LogP contribution in [-0.2, 0) is 4.74 Å². The number of hydrogen-bond acceptors (Lipinski definition) is 3. The van der Waals surface area contributed by atoms with E-state index in [1.54, 1.807) is 0 Å². The van der Waals surface area contributed by atoms with Crippen molar-refractivity contribution in [1.82, 2.24) is 0 Å². The minimum Gasteiger partial charge on any atom is -0.381 e. The number of hydrogen-bond donors (Lipinski definition) is 2. The summed E-state index contributed by atoms with van der Waals surface area (Å²) < 4.78 is 130. The van der Waals surface area contributed by atoms with Gasteiger partial charge in [-0.05, 0) is 115 Å². The highest BCUT2D eigenvalue weighted by molar-refractivity contribution is 5.02. The van der Waals surface area contributed by atoms with E-state index >= 15 is 0 Å². The number of halogens is 9. The first-order valence-corrected chi connectivity index (χ1v) is 13.9. The third-order valence-corrected chi connectivity index (χ3v) is 10.5. The topological polar surface area (TPSA) is 49.7 Å². The van der Waals surface area contributed by atoms with Crippen molar-refractivity contribution in [3.63, 3.8) is 0 Å². The van der Waals surface area contributed by atoms with Gasteiger partial charge >= 0.3 is 18.5 Å². The number of alkyl halides is 9. The van der Waals surface area contributed by atoms with Crippen molar-refractivity contribution in [1.29, 1.82) is 0 Å². The van der Waals surface area contributed by atoms with Crippen molar-refractivity contribution < 1.29 is 54.5 Å². The summed E-state index contributed by atoms with van der Waals surface area (Å²) in [6.45, 7) is 9.52. The Morgan fingerprint density at radius 2 is 1.30 bits per heavy atom. The fourth-order valence-electron chi connectivity index (χ4n) is 6.99. The molecule has 12 heteroatoms. The molecule has 0 aromatic carbocycles. The maximum atomic E-state index is 14.6. The quantitative estimate of drug-likeness (QED) is 0.234. The molecule has 238 valence electrons. The summed E-state index contributed by atoms with van der Waals surface area (Å²) in [5.74, 6) is -2.17. The lowest BCUT2D eigenvalue weighted by Gasteiger charge is -2.47. The van der Waals surface area contributed by atoms with Crippen LogP contribution in [0, 0.1) is 41.4 Å². The number of ether oxygens (including phenoxy) is 1. The molecule has 0 aliphatic heterocycles. The molecule has 40 heavy (non-hydrogen) atoms. The summed E-state index contributed by atoms with van der Waals surface area (Å²) in [4.78, 5) is 0. The Balaban J connectivity index is 2.40. The molecular formula is C28H45F9O3. The van der Waals surface area contributed by atoms with Gasteiger partial charge in [0.1, 0.15) is 0 Å². The highest BCUT2D eigenvalue weighted by atomic mass is 19.4. The number of rotatable bonds is 11. The van der Waals surface area contributed by atoms with E-state index in [9.17, 15) is 49.7 Å². The Labute approximate surface area is 231 Å². The summed E-state index contributed by atoms with van der Waals surface area (Å²) in [6, 6.07) is 0. The highest BCUT2D eigenvalue weighted by Gasteiger charge is 2.60. The van der Waals surface area contributed by atoms with Gasteiger partial charge in [0, 0.05) is 0 Å². The molecule has 2 fully saturated rings. The van der Waals surface area contributed by atoms with Gasteiger partial charge in [-0.1, -0.05) is 20.8 Å². The molecule has 0 aromatic heterocycles. The van der Waals surface area contributed by atoms with Crippen molar-refractivity contribution in [3.8, 4) is 0 Å². The Morgan fingerprint density at radius 3 is 1.70 bits per heavy atom. The molecule has 0 aromatic rings. The SMILES string of the molecule is CC1C2CC(CC(C)(OC(C)(C)C(CCC(C)(O)C(F)(F)F)CC(C)C(C)(O)C(F)(F)F)C(F)(F)F)C(C2)C1C. The molecule has 2 bridgehead atoms. The lowest BCUT2D eigenvalue weighted by molar-refractivity contribution is -0.316. The van der Waals surface area contributed by atoms with E-state index in [-0.39, 0.29) is 24.2 Å². The van der Waals surface area contributed by atoms with Crippen molar-refractivity contribution in [2.75, 3.05) is 0 Å². The van der Waals surface area contributed by atoms with Gasteiger partial charge in [0.15, 0.2) is 16.8 Å². The molecule has 2 rings (SSSR count). The molecule has 0 heterocycles. The first kappa shape index (κ1) is 35.4. The first-order valence-electron chi connectivity index (χ1n) is 13.9. The Bertz CT molecular complexity index is 861. The van der Waals surface area contributed by atoms with Crippen LogP contribution in [-0.4, -0.2) is 51.1 Å². The van der Waals surface area contributed by atoms with Crippen LogP contribution in [0.1, 0.15) is 93.9 Å². The number of aliphatic hydroxyl groups is 2. The second-order valence-corrected chi connectivity index (χ2v) is 13.8. The standard InChI is InChI=1S/C28H45F9O3/c1-15(25(8,39)28(35,36)37)11-20(9-10-23(6,38)26(29,30)31)22(4,5)40-24(7,27(32,33)34)14-19-12-18-13-21(19)17(3)16(18)2/h15-21,38-39H,9-14H2,1-8H3. The lowest BCUT2D eigenvalue weighted by atomic mass is 9.71. The van der Waals surface area contributed by atoms with E-state index in [0.29, 0.717) is 32.1 Å². The van der Waals surface area contributed by atoms with Crippen LogP contribution in [0.2, 0.25) is 0 Å². The van der Waals surface area contributed by atoms with E-state index in [1.165, 1.54) is 13.8 Å². The molecule has 0 amide bonds. The molecule has 2 N–H and O–H groups in total. The normalized spacial score (nSPS) is 32.3. The second kappa shape index (κ2) is 11.1. The fraction of sp³-hybridized carbons (Fsp3) is 1.00. The van der Waals surface area contributed by atoms with Crippen LogP contribution < -0.4 is 0 Å². The molecule has 10 atom stereocenters. The van der Waals surface area contributed by atoms with Crippen LogP contribution >= 0.6 is 0 Å². The van der Waals surface area contributed by atoms with Crippen LogP contribution in [0.5, 0.6) is 0 Å². The molecule has 3 nitrogen and oxygen atoms in total. The van der Waals surface area contributed by atoms with Gasteiger partial charge in [0.05, 0.1) is 5.60 Å². The zero-order chi connectivity index (χ0) is 31.5. The van der Waals surface area contributed by atoms with E-state index < -0.39 is 72.0 Å². The zero-order valence-corrected chi connectivity index (χ0v) is 24.5. The third-order valence-electron chi connectivity index (χ3n) is 10.5. The van der Waals surface area contributed by atoms with Gasteiger partial charge in [0.2, 0.25) is 0 Å². The van der Waals surface area contributed by atoms with E-state index in [1.807, 2.05) is 6.92 Å². The molecule has 2 saturated carbocycles. The van der Waals surface area contributed by atoms with E-state index in [4.69, 9.17) is 4.74 Å². The van der Waals surface area contributed by atoms with Gasteiger partial charge in [-0.25, -0.2) is 0 Å². The van der Waals surface area contributed by atoms with Gasteiger partial charge < -0.3 is 14.9 Å². The van der Waals surface area contributed by atoms with Crippen molar-refractivity contribution in [2.45, 2.75) is 135 Å². The Kier molecular flexibility index (Phi) is 9.81. The average Bonchev–Trinajstić information content (AvgIpc) is 3.26. The molecule has 10 unspecified atom stereocenters. The second-order valence-electron chi connectivity index (χ2n) is 13.8. The van der Waals surface area contributed by atoms with Crippen molar-refractivity contribution in [2.24, 2.45) is 41.4 Å². The summed E-state index contributed by atoms with van der Waals surface area (Å²) in [5, 5.41) is 20.1. The largest absolute Gasteiger partial charge is 0.417 e. The van der Waals surface area contributed by atoms with Gasteiger partial charge in [-0.2, -0.15) is 39.5 Å². The predicted molar refractivity (Wildman–Crippen MR) is 132 cm³/mol. The van der Waals surface area contributed by atoms with Crippen LogP contribution in [0.25, 0.3) is 0 Å². The minimum absolute atomic E-state index is 0.0768. The molecule has 0 saturated heterocycles. The van der Waals surface area contributed by atoms with Gasteiger partial charge in [0.25, 0.3) is 0 Å². The van der Waals surface area contributed by atoms with Crippen LogP contribution in [0.15, 0.2) is 0 Å². The molecule has 2 aliphatic carbocycles. The Morgan fingerprint density at radius 1 is 0.775 bits per heavy atom. The summed E-state index contributed by atoms with van der Waals surface area (Å²) in [7, 11) is 0. The third kappa shape index (κ3) is 7.06. The van der Waals surface area contributed by atoms with Gasteiger partial charge in [-0.15, -0.1) is 0 Å². The maximum Gasteiger partial charge on any atom is 0.417 e. The molecule has 2 aliphatic rings. The summed E-state index contributed by atoms with van der Waals surface area (Å²) in [5.41, 5.74) is -11.1. The molecular weight excluding hydrogens is 555 g/mol. The Hall–Kier alpha value is -0.750. The summed E-state index contributed by atoms with van der Waals surface area (Å²) >= 11 is 0. The number of fused-ring (bicyclic) bond motifs is 2. The highest BCUT2D eigenvalue weighted by Crippen LogP contribution is 2.58. The van der Waals surface area contributed by atoms with Crippen LogP contribution in [0.3, 0.4) is 0 Å². The van der Waals surface area contributed by atoms with Crippen molar-refractivity contribution in [3.05, 3.63) is 0 Å². The first-order chi connectivity index (χ1) is 17.6. The van der Waals surface area contributed by atoms with E-state index in [0.717, 1.165) is 20.3 Å². The van der Waals surface area contributed by atoms with Gasteiger partial charge in [-0.3, -0.25) is 0 Å². The summed E-state index contributed by atoms with van der Waals surface area (Å²) in [6.07, 6.45) is -16.1. The zero-order valence-electron chi connectivity index (χ0n) is 24.5.